The fourth-order valence-electron chi connectivity index (χ4n) is 2.29. The Labute approximate surface area is 79.7 Å². The third-order valence-corrected chi connectivity index (χ3v) is 3.27. The van der Waals surface area contributed by atoms with Gasteiger partial charge in [-0.1, -0.05) is 0 Å². The molecule has 0 aromatic carbocycles. The summed E-state index contributed by atoms with van der Waals surface area (Å²) < 4.78 is 0. The summed E-state index contributed by atoms with van der Waals surface area (Å²) in [5.41, 5.74) is 0. The van der Waals surface area contributed by atoms with Crippen molar-refractivity contribution in [3.05, 3.63) is 0 Å². The summed E-state index contributed by atoms with van der Waals surface area (Å²) in [7, 11) is 0. The smallest absolute Gasteiger partial charge is 0.223 e. The van der Waals surface area contributed by atoms with E-state index in [0.29, 0.717) is 18.0 Å². The Kier molecular flexibility index (Phi) is 2.28. The third-order valence-electron chi connectivity index (χ3n) is 3.27. The van der Waals surface area contributed by atoms with Crippen molar-refractivity contribution in [3.8, 4) is 0 Å². The molecule has 2 rings (SSSR count). The second kappa shape index (κ2) is 3.29. The van der Waals surface area contributed by atoms with E-state index in [0.717, 1.165) is 26.1 Å². The molecule has 0 saturated carbocycles. The van der Waals surface area contributed by atoms with E-state index in [-0.39, 0.29) is 0 Å². The maximum atomic E-state index is 11.5. The van der Waals surface area contributed by atoms with Gasteiger partial charge in [0, 0.05) is 25.0 Å². The van der Waals surface area contributed by atoms with Crippen molar-refractivity contribution in [2.75, 3.05) is 13.2 Å². The van der Waals surface area contributed by atoms with Crippen LogP contribution in [-0.2, 0) is 4.79 Å². The number of carbonyl (C=O) groups is 1. The number of amides is 1. The van der Waals surface area contributed by atoms with E-state index in [2.05, 4.69) is 23.6 Å². The second-order valence-corrected chi connectivity index (χ2v) is 4.39. The fourth-order valence-corrected chi connectivity index (χ4v) is 2.29. The summed E-state index contributed by atoms with van der Waals surface area (Å²) in [5.74, 6) is 0.357. The van der Waals surface area contributed by atoms with Crippen LogP contribution in [0.25, 0.3) is 0 Å². The number of hydrogen-bond donors (Lipinski definition) is 0. The molecule has 3 nitrogen and oxygen atoms in total. The molecule has 0 aromatic rings. The first-order valence-electron chi connectivity index (χ1n) is 5.22. The lowest BCUT2D eigenvalue weighted by atomic mass is 10.1. The van der Waals surface area contributed by atoms with Gasteiger partial charge in [0.15, 0.2) is 0 Å². The lowest BCUT2D eigenvalue weighted by Gasteiger charge is -2.39. The Hall–Kier alpha value is -0.570. The first-order chi connectivity index (χ1) is 6.18. The van der Waals surface area contributed by atoms with Gasteiger partial charge in [-0.25, -0.2) is 0 Å². The molecule has 2 heterocycles. The summed E-state index contributed by atoms with van der Waals surface area (Å²) in [6.45, 7) is 6.41. The van der Waals surface area contributed by atoms with Crippen LogP contribution in [0.2, 0.25) is 0 Å². The largest absolute Gasteiger partial charge is 0.327 e. The van der Waals surface area contributed by atoms with Gasteiger partial charge in [0.1, 0.15) is 0 Å². The molecule has 0 aliphatic carbocycles. The molecular weight excluding hydrogens is 164 g/mol. The van der Waals surface area contributed by atoms with Crippen LogP contribution in [-0.4, -0.2) is 41.0 Å². The maximum absolute atomic E-state index is 11.5. The summed E-state index contributed by atoms with van der Waals surface area (Å²) in [5, 5.41) is 0. The van der Waals surface area contributed by atoms with Gasteiger partial charge in [0.05, 0.1) is 6.67 Å². The van der Waals surface area contributed by atoms with Crippen LogP contribution >= 0.6 is 0 Å². The molecule has 2 fully saturated rings. The minimum atomic E-state index is 0.357. The molecule has 0 bridgehead atoms. The van der Waals surface area contributed by atoms with Crippen LogP contribution in [0.15, 0.2) is 0 Å². The first-order valence-corrected chi connectivity index (χ1v) is 5.22. The Morgan fingerprint density at radius 3 is 2.85 bits per heavy atom. The van der Waals surface area contributed by atoms with E-state index in [1.54, 1.807) is 0 Å². The van der Waals surface area contributed by atoms with Crippen LogP contribution in [0, 0.1) is 0 Å². The molecule has 0 spiro atoms. The van der Waals surface area contributed by atoms with Crippen LogP contribution in [0.1, 0.15) is 33.1 Å². The van der Waals surface area contributed by atoms with E-state index in [4.69, 9.17) is 0 Å². The van der Waals surface area contributed by atoms with Gasteiger partial charge in [-0.15, -0.1) is 0 Å². The van der Waals surface area contributed by atoms with E-state index in [1.165, 1.54) is 6.42 Å². The standard InChI is InChI=1S/C10H18N2O/c1-8(2)11-6-5-9-3-4-10(13)12(9)7-11/h8-9H,3-7H2,1-2H3. The second-order valence-electron chi connectivity index (χ2n) is 4.39. The molecule has 2 saturated heterocycles. The summed E-state index contributed by atoms with van der Waals surface area (Å²) >= 11 is 0. The predicted molar refractivity (Wildman–Crippen MR) is 51.2 cm³/mol. The molecule has 1 atom stereocenters. The molecule has 3 heteroatoms. The quantitative estimate of drug-likeness (QED) is 0.605. The zero-order valence-electron chi connectivity index (χ0n) is 8.49. The summed E-state index contributed by atoms with van der Waals surface area (Å²) in [6, 6.07) is 1.12. The first kappa shape index (κ1) is 9.00. The van der Waals surface area contributed by atoms with Gasteiger partial charge in [0.2, 0.25) is 5.91 Å². The van der Waals surface area contributed by atoms with E-state index in [9.17, 15) is 4.79 Å². The number of fused-ring (bicyclic) bond motifs is 1. The summed E-state index contributed by atoms with van der Waals surface area (Å²) in [6.07, 6.45) is 3.03. The molecule has 0 radical (unpaired) electrons. The minimum Gasteiger partial charge on any atom is -0.327 e. The number of carbonyl (C=O) groups excluding carboxylic acids is 1. The highest BCUT2D eigenvalue weighted by atomic mass is 16.2. The van der Waals surface area contributed by atoms with E-state index >= 15 is 0 Å². The minimum absolute atomic E-state index is 0.357. The van der Waals surface area contributed by atoms with Crippen molar-refractivity contribution in [2.24, 2.45) is 0 Å². The highest BCUT2D eigenvalue weighted by Crippen LogP contribution is 2.26. The SMILES string of the molecule is CC(C)N1CCC2CCC(=O)N2C1. The normalized spacial score (nSPS) is 29.9. The van der Waals surface area contributed by atoms with E-state index in [1.807, 2.05) is 0 Å². The lowest BCUT2D eigenvalue weighted by Crippen LogP contribution is -2.51. The van der Waals surface area contributed by atoms with Crippen molar-refractivity contribution in [1.29, 1.82) is 0 Å². The van der Waals surface area contributed by atoms with Gasteiger partial charge in [-0.05, 0) is 26.7 Å². The molecule has 13 heavy (non-hydrogen) atoms. The molecule has 2 aliphatic heterocycles. The van der Waals surface area contributed by atoms with Crippen LogP contribution in [0.5, 0.6) is 0 Å². The third kappa shape index (κ3) is 1.57. The molecule has 1 amide bonds. The van der Waals surface area contributed by atoms with Gasteiger partial charge >= 0.3 is 0 Å². The Bertz CT molecular complexity index is 215. The van der Waals surface area contributed by atoms with Crippen molar-refractivity contribution in [3.63, 3.8) is 0 Å². The summed E-state index contributed by atoms with van der Waals surface area (Å²) in [4.78, 5) is 15.9. The highest BCUT2D eigenvalue weighted by Gasteiger charge is 2.35. The topological polar surface area (TPSA) is 23.6 Å². The van der Waals surface area contributed by atoms with Gasteiger partial charge in [-0.3, -0.25) is 9.69 Å². The predicted octanol–water partition coefficient (Wildman–Crippen LogP) is 1.05. The lowest BCUT2D eigenvalue weighted by molar-refractivity contribution is -0.133. The Balaban J connectivity index is 2.01. The molecular formula is C10H18N2O. The zero-order valence-corrected chi connectivity index (χ0v) is 8.49. The number of hydrogen-bond acceptors (Lipinski definition) is 2. The Morgan fingerprint density at radius 1 is 1.38 bits per heavy atom. The van der Waals surface area contributed by atoms with Crippen LogP contribution in [0.4, 0.5) is 0 Å². The molecule has 1 unspecified atom stereocenters. The van der Waals surface area contributed by atoms with Gasteiger partial charge in [0.25, 0.3) is 0 Å². The number of nitrogens with zero attached hydrogens (tertiary/aromatic N) is 2. The fraction of sp³-hybridized carbons (Fsp3) is 0.900. The highest BCUT2D eigenvalue weighted by molar-refractivity contribution is 5.78. The average Bonchev–Trinajstić information content (AvgIpc) is 2.47. The molecule has 2 aliphatic rings. The average molecular weight is 182 g/mol. The zero-order chi connectivity index (χ0) is 9.42. The van der Waals surface area contributed by atoms with Gasteiger partial charge in [-0.2, -0.15) is 0 Å². The molecule has 0 N–H and O–H groups in total. The molecule has 0 aromatic heterocycles. The van der Waals surface area contributed by atoms with Crippen molar-refractivity contribution in [2.45, 2.75) is 45.2 Å². The maximum Gasteiger partial charge on any atom is 0.223 e. The monoisotopic (exact) mass is 182 g/mol. The Morgan fingerprint density at radius 2 is 2.15 bits per heavy atom. The molecule has 74 valence electrons. The van der Waals surface area contributed by atoms with Gasteiger partial charge < -0.3 is 4.90 Å². The van der Waals surface area contributed by atoms with Crippen molar-refractivity contribution < 1.29 is 4.79 Å². The van der Waals surface area contributed by atoms with Crippen molar-refractivity contribution >= 4 is 5.91 Å². The van der Waals surface area contributed by atoms with Crippen LogP contribution in [0.3, 0.4) is 0 Å². The van der Waals surface area contributed by atoms with Crippen molar-refractivity contribution in [1.82, 2.24) is 9.80 Å². The number of rotatable bonds is 1. The van der Waals surface area contributed by atoms with Crippen LogP contribution < -0.4 is 0 Å². The van der Waals surface area contributed by atoms with E-state index < -0.39 is 0 Å².